The minimum atomic E-state index is -0.344. The van der Waals surface area contributed by atoms with Crippen molar-refractivity contribution in [3.8, 4) is 0 Å². The average molecular weight is 263 g/mol. The molecule has 19 heavy (non-hydrogen) atoms. The van der Waals surface area contributed by atoms with Gasteiger partial charge in [0.05, 0.1) is 10.6 Å². The van der Waals surface area contributed by atoms with Crippen molar-refractivity contribution >= 4 is 11.4 Å². The van der Waals surface area contributed by atoms with Gasteiger partial charge in [0.1, 0.15) is 0 Å². The van der Waals surface area contributed by atoms with Gasteiger partial charge in [-0.05, 0) is 0 Å². The summed E-state index contributed by atoms with van der Waals surface area (Å²) < 4.78 is 0. The van der Waals surface area contributed by atoms with Gasteiger partial charge >= 0.3 is 0 Å². The van der Waals surface area contributed by atoms with Gasteiger partial charge in [-0.1, -0.05) is 30.3 Å². The quantitative estimate of drug-likeness (QED) is 0.515. The molecule has 0 bridgehead atoms. The van der Waals surface area contributed by atoms with E-state index in [1.807, 2.05) is 13.0 Å². The molecule has 1 heterocycles. The molecular weight excluding hydrogens is 246 g/mol. The molecule has 0 amide bonds. The van der Waals surface area contributed by atoms with Crippen LogP contribution in [0.2, 0.25) is 0 Å². The number of nitro groups is 1. The maximum Gasteiger partial charge on any atom is 0.273 e. The Hall–Kier alpha value is -1.95. The van der Waals surface area contributed by atoms with Crippen molar-refractivity contribution in [2.45, 2.75) is 19.9 Å². The molecule has 1 aliphatic rings. The molecule has 1 aliphatic heterocycles. The van der Waals surface area contributed by atoms with Crippen LogP contribution in [0.15, 0.2) is 29.4 Å². The van der Waals surface area contributed by atoms with Crippen LogP contribution >= 0.6 is 0 Å². The predicted molar refractivity (Wildman–Crippen MR) is 71.4 cm³/mol. The molecule has 1 saturated heterocycles. The molecule has 1 unspecified atom stereocenters. The Morgan fingerprint density at radius 1 is 1.53 bits per heavy atom. The molecule has 6 heteroatoms. The molecular formula is C13H17N3O3. The van der Waals surface area contributed by atoms with Gasteiger partial charge in [-0.3, -0.25) is 15.0 Å². The number of hydrogen-bond donors (Lipinski definition) is 1. The molecule has 1 aromatic carbocycles. The summed E-state index contributed by atoms with van der Waals surface area (Å²) in [5.41, 5.74) is 1.69. The second-order valence-corrected chi connectivity index (χ2v) is 4.86. The second-order valence-electron chi connectivity index (χ2n) is 4.86. The van der Waals surface area contributed by atoms with Crippen molar-refractivity contribution in [1.82, 2.24) is 4.90 Å². The number of likely N-dealkylation sites (tertiary alicyclic amines) is 1. The SMILES string of the molecule is CC1CN(Cc2ccccc2[N+](=O)[O-])CC/C1=N\O. The van der Waals surface area contributed by atoms with E-state index in [0.717, 1.165) is 24.4 Å². The number of hydrogen-bond acceptors (Lipinski definition) is 5. The first-order chi connectivity index (χ1) is 9.11. The van der Waals surface area contributed by atoms with Gasteiger partial charge < -0.3 is 5.21 Å². The number of rotatable bonds is 3. The van der Waals surface area contributed by atoms with E-state index in [1.54, 1.807) is 12.1 Å². The van der Waals surface area contributed by atoms with Crippen molar-refractivity contribution in [2.75, 3.05) is 13.1 Å². The molecule has 102 valence electrons. The average Bonchev–Trinajstić information content (AvgIpc) is 2.39. The largest absolute Gasteiger partial charge is 0.411 e. The molecule has 0 aromatic heterocycles. The van der Waals surface area contributed by atoms with E-state index in [-0.39, 0.29) is 16.5 Å². The third-order valence-electron chi connectivity index (χ3n) is 3.50. The fraction of sp³-hybridized carbons (Fsp3) is 0.462. The summed E-state index contributed by atoms with van der Waals surface area (Å²) in [6.07, 6.45) is 0.707. The highest BCUT2D eigenvalue weighted by atomic mass is 16.6. The van der Waals surface area contributed by atoms with Crippen LogP contribution in [0, 0.1) is 16.0 Å². The summed E-state index contributed by atoms with van der Waals surface area (Å²) in [6, 6.07) is 6.81. The van der Waals surface area contributed by atoms with Crippen LogP contribution < -0.4 is 0 Å². The smallest absolute Gasteiger partial charge is 0.273 e. The number of nitrogens with zero attached hydrogens (tertiary/aromatic N) is 3. The Morgan fingerprint density at radius 2 is 2.26 bits per heavy atom. The van der Waals surface area contributed by atoms with E-state index in [4.69, 9.17) is 5.21 Å². The maximum absolute atomic E-state index is 11.0. The van der Waals surface area contributed by atoms with Crippen LogP contribution in [0.4, 0.5) is 5.69 Å². The molecule has 0 aliphatic carbocycles. The summed E-state index contributed by atoms with van der Waals surface area (Å²) in [5.74, 6) is 0.182. The number of para-hydroxylation sites is 1. The highest BCUT2D eigenvalue weighted by molar-refractivity contribution is 5.86. The first-order valence-corrected chi connectivity index (χ1v) is 6.27. The Kier molecular flexibility index (Phi) is 4.11. The highest BCUT2D eigenvalue weighted by Crippen LogP contribution is 2.22. The number of oxime groups is 1. The zero-order valence-electron chi connectivity index (χ0n) is 10.8. The van der Waals surface area contributed by atoms with Crippen molar-refractivity contribution in [1.29, 1.82) is 0 Å². The molecule has 1 N–H and O–H groups in total. The van der Waals surface area contributed by atoms with Crippen LogP contribution in [-0.2, 0) is 6.54 Å². The van der Waals surface area contributed by atoms with Gasteiger partial charge in [-0.2, -0.15) is 0 Å². The van der Waals surface area contributed by atoms with Crippen molar-refractivity contribution in [3.05, 3.63) is 39.9 Å². The fourth-order valence-electron chi connectivity index (χ4n) is 2.46. The molecule has 1 fully saturated rings. The van der Waals surface area contributed by atoms with Gasteiger partial charge in [0, 0.05) is 43.6 Å². The minimum Gasteiger partial charge on any atom is -0.411 e. The standard InChI is InChI=1S/C13H17N3O3/c1-10-8-15(7-6-12(10)14-17)9-11-4-2-3-5-13(11)16(18)19/h2-5,10,17H,6-9H2,1H3/b14-12+. The lowest BCUT2D eigenvalue weighted by atomic mass is 9.97. The second kappa shape index (κ2) is 5.79. The minimum absolute atomic E-state index is 0.164. The van der Waals surface area contributed by atoms with Gasteiger partial charge in [0.25, 0.3) is 5.69 Å². The van der Waals surface area contributed by atoms with E-state index in [1.165, 1.54) is 6.07 Å². The lowest BCUT2D eigenvalue weighted by Gasteiger charge is -2.31. The number of benzene rings is 1. The summed E-state index contributed by atoms with van der Waals surface area (Å²) in [5, 5.41) is 23.1. The number of piperidine rings is 1. The van der Waals surface area contributed by atoms with Crippen molar-refractivity contribution in [3.63, 3.8) is 0 Å². The van der Waals surface area contributed by atoms with E-state index < -0.39 is 0 Å². The summed E-state index contributed by atoms with van der Waals surface area (Å²) >= 11 is 0. The first kappa shape index (κ1) is 13.5. The summed E-state index contributed by atoms with van der Waals surface area (Å²) in [6.45, 7) is 4.07. The lowest BCUT2D eigenvalue weighted by Crippen LogP contribution is -2.39. The third-order valence-corrected chi connectivity index (χ3v) is 3.50. The molecule has 2 rings (SSSR count). The van der Waals surface area contributed by atoms with Crippen LogP contribution in [0.5, 0.6) is 0 Å². The van der Waals surface area contributed by atoms with E-state index >= 15 is 0 Å². The molecule has 0 radical (unpaired) electrons. The molecule has 6 nitrogen and oxygen atoms in total. The van der Waals surface area contributed by atoms with Crippen LogP contribution in [0.3, 0.4) is 0 Å². The van der Waals surface area contributed by atoms with E-state index in [2.05, 4.69) is 10.1 Å². The first-order valence-electron chi connectivity index (χ1n) is 6.27. The van der Waals surface area contributed by atoms with Gasteiger partial charge in [-0.15, -0.1) is 0 Å². The highest BCUT2D eigenvalue weighted by Gasteiger charge is 2.24. The zero-order valence-corrected chi connectivity index (χ0v) is 10.8. The summed E-state index contributed by atoms with van der Waals surface area (Å²) in [7, 11) is 0. The normalized spacial score (nSPS) is 22.6. The van der Waals surface area contributed by atoms with Gasteiger partial charge in [0.2, 0.25) is 0 Å². The van der Waals surface area contributed by atoms with Crippen molar-refractivity contribution in [2.24, 2.45) is 11.1 Å². The Bertz CT molecular complexity index is 502. The molecule has 1 atom stereocenters. The Balaban J connectivity index is 2.09. The van der Waals surface area contributed by atoms with Crippen LogP contribution in [-0.4, -0.2) is 33.8 Å². The van der Waals surface area contributed by atoms with E-state index in [0.29, 0.717) is 13.0 Å². The Morgan fingerprint density at radius 3 is 2.89 bits per heavy atom. The summed E-state index contributed by atoms with van der Waals surface area (Å²) in [4.78, 5) is 12.8. The van der Waals surface area contributed by atoms with Gasteiger partial charge in [0.15, 0.2) is 0 Å². The molecule has 0 spiro atoms. The van der Waals surface area contributed by atoms with Crippen LogP contribution in [0.1, 0.15) is 18.9 Å². The third kappa shape index (κ3) is 3.08. The fourth-order valence-corrected chi connectivity index (χ4v) is 2.46. The van der Waals surface area contributed by atoms with Gasteiger partial charge in [-0.25, -0.2) is 0 Å². The van der Waals surface area contributed by atoms with Crippen molar-refractivity contribution < 1.29 is 10.1 Å². The molecule has 1 aromatic rings. The lowest BCUT2D eigenvalue weighted by molar-refractivity contribution is -0.385. The zero-order chi connectivity index (χ0) is 13.8. The molecule has 0 saturated carbocycles. The number of nitro benzene ring substituents is 1. The monoisotopic (exact) mass is 263 g/mol. The Labute approximate surface area is 111 Å². The predicted octanol–water partition coefficient (Wildman–Crippen LogP) is 2.27. The topological polar surface area (TPSA) is 79.0 Å². The van der Waals surface area contributed by atoms with Crippen LogP contribution in [0.25, 0.3) is 0 Å². The van der Waals surface area contributed by atoms with E-state index in [9.17, 15) is 10.1 Å². The maximum atomic E-state index is 11.0.